The number of benzene rings is 1. The highest BCUT2D eigenvalue weighted by Gasteiger charge is 2.22. The molecule has 110 valence electrons. The minimum atomic E-state index is -0.202. The van der Waals surface area contributed by atoms with Gasteiger partial charge in [0.15, 0.2) is 0 Å². The second kappa shape index (κ2) is 7.26. The summed E-state index contributed by atoms with van der Waals surface area (Å²) in [5, 5.41) is 5.74. The second-order valence-electron chi connectivity index (χ2n) is 5.19. The summed E-state index contributed by atoms with van der Waals surface area (Å²) in [6.07, 6.45) is 3.41. The van der Waals surface area contributed by atoms with Crippen LogP contribution in [0.2, 0.25) is 0 Å². The van der Waals surface area contributed by atoms with Crippen molar-refractivity contribution < 1.29 is 9.53 Å². The van der Waals surface area contributed by atoms with Gasteiger partial charge in [0.2, 0.25) is 0 Å². The Bertz CT molecular complexity index is 427. The molecule has 0 aromatic heterocycles. The zero-order valence-electron chi connectivity index (χ0n) is 11.9. The second-order valence-corrected chi connectivity index (χ2v) is 5.19. The zero-order valence-corrected chi connectivity index (χ0v) is 11.9. The first-order valence-corrected chi connectivity index (χ1v) is 7.17. The summed E-state index contributed by atoms with van der Waals surface area (Å²) in [6.45, 7) is 3.27. The van der Waals surface area contributed by atoms with E-state index in [0.717, 1.165) is 30.7 Å². The molecule has 0 aliphatic carbocycles. The van der Waals surface area contributed by atoms with E-state index in [1.165, 1.54) is 6.42 Å². The molecule has 1 aliphatic heterocycles. The van der Waals surface area contributed by atoms with Gasteiger partial charge in [-0.05, 0) is 43.9 Å². The van der Waals surface area contributed by atoms with E-state index in [1.807, 2.05) is 31.2 Å². The quantitative estimate of drug-likeness (QED) is 0.790. The molecule has 2 unspecified atom stereocenters. The van der Waals surface area contributed by atoms with Crippen LogP contribution in [-0.4, -0.2) is 24.8 Å². The molecular formula is C15H23N3O2. The lowest BCUT2D eigenvalue weighted by molar-refractivity contribution is -0.00101. The van der Waals surface area contributed by atoms with Crippen LogP contribution in [0.25, 0.3) is 0 Å². The van der Waals surface area contributed by atoms with Gasteiger partial charge in [-0.15, -0.1) is 0 Å². The Labute approximate surface area is 119 Å². The molecule has 0 radical (unpaired) electrons. The lowest BCUT2D eigenvalue weighted by Gasteiger charge is -2.28. The van der Waals surface area contributed by atoms with E-state index in [4.69, 9.17) is 10.5 Å². The number of hydrogen-bond donors (Lipinski definition) is 3. The van der Waals surface area contributed by atoms with E-state index < -0.39 is 0 Å². The van der Waals surface area contributed by atoms with Gasteiger partial charge in [0, 0.05) is 18.8 Å². The van der Waals surface area contributed by atoms with Crippen molar-refractivity contribution in [2.75, 3.05) is 11.9 Å². The van der Waals surface area contributed by atoms with Crippen LogP contribution in [0.5, 0.6) is 0 Å². The summed E-state index contributed by atoms with van der Waals surface area (Å²) in [4.78, 5) is 11.9. The Hall–Kier alpha value is -1.59. The standard InChI is InChI=1S/C15H23N3O2/c1-11(14-4-2-3-9-20-14)17-15(19)18-13-7-5-12(10-16)6-8-13/h5-8,11,14H,2-4,9-10,16H2,1H3,(H2,17,18,19). The monoisotopic (exact) mass is 277 g/mol. The summed E-state index contributed by atoms with van der Waals surface area (Å²) < 4.78 is 5.66. The number of anilines is 1. The van der Waals surface area contributed by atoms with E-state index in [9.17, 15) is 4.79 Å². The molecule has 1 aliphatic rings. The third-order valence-electron chi connectivity index (χ3n) is 3.58. The number of rotatable bonds is 4. The van der Waals surface area contributed by atoms with E-state index in [2.05, 4.69) is 10.6 Å². The maximum Gasteiger partial charge on any atom is 0.319 e. The van der Waals surface area contributed by atoms with E-state index in [1.54, 1.807) is 0 Å². The van der Waals surface area contributed by atoms with Crippen molar-refractivity contribution >= 4 is 11.7 Å². The largest absolute Gasteiger partial charge is 0.376 e. The molecule has 1 aromatic rings. The summed E-state index contributed by atoms with van der Waals surface area (Å²) in [7, 11) is 0. The van der Waals surface area contributed by atoms with Gasteiger partial charge in [-0.1, -0.05) is 12.1 Å². The molecular weight excluding hydrogens is 254 g/mol. The molecule has 2 atom stereocenters. The number of carbonyl (C=O) groups is 1. The molecule has 20 heavy (non-hydrogen) atoms. The van der Waals surface area contributed by atoms with Crippen molar-refractivity contribution in [3.8, 4) is 0 Å². The SMILES string of the molecule is CC(NC(=O)Nc1ccc(CN)cc1)C1CCCCO1. The first-order chi connectivity index (χ1) is 9.69. The smallest absolute Gasteiger partial charge is 0.319 e. The van der Waals surface area contributed by atoms with Crippen LogP contribution in [0.3, 0.4) is 0 Å². The van der Waals surface area contributed by atoms with Crippen LogP contribution < -0.4 is 16.4 Å². The third-order valence-corrected chi connectivity index (χ3v) is 3.58. The van der Waals surface area contributed by atoms with Crippen molar-refractivity contribution in [2.24, 2.45) is 5.73 Å². The Morgan fingerprint density at radius 3 is 2.75 bits per heavy atom. The summed E-state index contributed by atoms with van der Waals surface area (Å²) in [6, 6.07) is 7.32. The molecule has 5 nitrogen and oxygen atoms in total. The predicted octanol–water partition coefficient (Wildman–Crippen LogP) is 2.22. The average Bonchev–Trinajstić information content (AvgIpc) is 2.49. The first kappa shape index (κ1) is 14.8. The van der Waals surface area contributed by atoms with Gasteiger partial charge in [-0.25, -0.2) is 4.79 Å². The van der Waals surface area contributed by atoms with Gasteiger partial charge in [-0.2, -0.15) is 0 Å². The number of ether oxygens (including phenoxy) is 1. The molecule has 5 heteroatoms. The van der Waals surface area contributed by atoms with Gasteiger partial charge in [0.25, 0.3) is 0 Å². The van der Waals surface area contributed by atoms with Crippen LogP contribution in [0.4, 0.5) is 10.5 Å². The summed E-state index contributed by atoms with van der Waals surface area (Å²) in [5.74, 6) is 0. The normalized spacial score (nSPS) is 20.2. The minimum absolute atomic E-state index is 0.0126. The van der Waals surface area contributed by atoms with Crippen molar-refractivity contribution in [1.82, 2.24) is 5.32 Å². The Kier molecular flexibility index (Phi) is 5.38. The van der Waals surface area contributed by atoms with Gasteiger partial charge in [0.1, 0.15) is 0 Å². The van der Waals surface area contributed by atoms with Crippen LogP contribution in [0.1, 0.15) is 31.7 Å². The van der Waals surface area contributed by atoms with Crippen LogP contribution in [0.15, 0.2) is 24.3 Å². The molecule has 2 amide bonds. The maximum atomic E-state index is 11.9. The number of hydrogen-bond acceptors (Lipinski definition) is 3. The van der Waals surface area contributed by atoms with Crippen molar-refractivity contribution in [3.63, 3.8) is 0 Å². The van der Waals surface area contributed by atoms with Crippen LogP contribution in [0, 0.1) is 0 Å². The molecule has 0 bridgehead atoms. The molecule has 0 saturated carbocycles. The molecule has 4 N–H and O–H groups in total. The van der Waals surface area contributed by atoms with Gasteiger partial charge in [-0.3, -0.25) is 0 Å². The van der Waals surface area contributed by atoms with Gasteiger partial charge in [0.05, 0.1) is 12.1 Å². The molecule has 2 rings (SSSR count). The topological polar surface area (TPSA) is 76.4 Å². The van der Waals surface area contributed by atoms with Crippen molar-refractivity contribution in [1.29, 1.82) is 0 Å². The summed E-state index contributed by atoms with van der Waals surface area (Å²) >= 11 is 0. The third kappa shape index (κ3) is 4.21. The number of amides is 2. The average molecular weight is 277 g/mol. The molecule has 1 heterocycles. The Morgan fingerprint density at radius 1 is 1.40 bits per heavy atom. The molecule has 1 fully saturated rings. The van der Waals surface area contributed by atoms with Crippen LogP contribution >= 0.6 is 0 Å². The predicted molar refractivity (Wildman–Crippen MR) is 79.5 cm³/mol. The number of nitrogens with one attached hydrogen (secondary N) is 2. The fourth-order valence-corrected chi connectivity index (χ4v) is 2.35. The fourth-order valence-electron chi connectivity index (χ4n) is 2.35. The Morgan fingerprint density at radius 2 is 2.15 bits per heavy atom. The highest BCUT2D eigenvalue weighted by Crippen LogP contribution is 2.16. The fraction of sp³-hybridized carbons (Fsp3) is 0.533. The Balaban J connectivity index is 1.81. The highest BCUT2D eigenvalue weighted by molar-refractivity contribution is 5.89. The van der Waals surface area contributed by atoms with Crippen molar-refractivity contribution in [3.05, 3.63) is 29.8 Å². The molecule has 0 spiro atoms. The van der Waals surface area contributed by atoms with E-state index >= 15 is 0 Å². The van der Waals surface area contributed by atoms with Crippen molar-refractivity contribution in [2.45, 2.75) is 44.9 Å². The van der Waals surface area contributed by atoms with E-state index in [0.29, 0.717) is 6.54 Å². The molecule has 1 saturated heterocycles. The number of urea groups is 1. The maximum absolute atomic E-state index is 11.9. The number of carbonyl (C=O) groups excluding carboxylic acids is 1. The lowest BCUT2D eigenvalue weighted by atomic mass is 10.0. The molecule has 1 aromatic carbocycles. The minimum Gasteiger partial charge on any atom is -0.376 e. The first-order valence-electron chi connectivity index (χ1n) is 7.17. The van der Waals surface area contributed by atoms with E-state index in [-0.39, 0.29) is 18.2 Å². The summed E-state index contributed by atoms with van der Waals surface area (Å²) in [5.41, 5.74) is 7.34. The van der Waals surface area contributed by atoms with Crippen LogP contribution in [-0.2, 0) is 11.3 Å². The zero-order chi connectivity index (χ0) is 14.4. The van der Waals surface area contributed by atoms with Gasteiger partial charge < -0.3 is 21.1 Å². The number of nitrogens with two attached hydrogens (primary N) is 1. The lowest BCUT2D eigenvalue weighted by Crippen LogP contribution is -2.45. The highest BCUT2D eigenvalue weighted by atomic mass is 16.5. The van der Waals surface area contributed by atoms with Gasteiger partial charge >= 0.3 is 6.03 Å².